The van der Waals surface area contributed by atoms with Crippen LogP contribution in [-0.2, 0) is 10.0 Å². The van der Waals surface area contributed by atoms with E-state index in [2.05, 4.69) is 9.71 Å². The number of rotatable bonds is 6. The van der Waals surface area contributed by atoms with Crippen LogP contribution in [0.5, 0.6) is 11.5 Å². The number of nitrogens with zero attached hydrogens (tertiary/aromatic N) is 2. The molecular formula is C22H21N3O4S. The lowest BCUT2D eigenvalue weighted by Gasteiger charge is -2.13. The van der Waals surface area contributed by atoms with E-state index in [1.165, 1.54) is 26.4 Å². The van der Waals surface area contributed by atoms with Crippen molar-refractivity contribution in [2.24, 2.45) is 0 Å². The first-order valence-electron chi connectivity index (χ1n) is 9.20. The summed E-state index contributed by atoms with van der Waals surface area (Å²) >= 11 is 0. The number of fused-ring (bicyclic) bond motifs is 1. The molecular weight excluding hydrogens is 402 g/mol. The van der Waals surface area contributed by atoms with E-state index < -0.39 is 10.0 Å². The van der Waals surface area contributed by atoms with Gasteiger partial charge in [0.1, 0.15) is 22.0 Å². The highest BCUT2D eigenvalue weighted by Gasteiger charge is 2.20. The van der Waals surface area contributed by atoms with Gasteiger partial charge in [-0.2, -0.15) is 0 Å². The summed E-state index contributed by atoms with van der Waals surface area (Å²) in [5.74, 6) is 0.712. The van der Waals surface area contributed by atoms with Gasteiger partial charge in [-0.05, 0) is 48.9 Å². The Labute approximate surface area is 175 Å². The number of nitrogens with one attached hydrogen (secondary N) is 1. The van der Waals surface area contributed by atoms with Crippen molar-refractivity contribution < 1.29 is 17.9 Å². The van der Waals surface area contributed by atoms with Crippen molar-refractivity contribution >= 4 is 21.4 Å². The Hall–Kier alpha value is -3.52. The first kappa shape index (κ1) is 19.8. The number of anilines is 1. The number of hydrogen-bond acceptors (Lipinski definition) is 5. The van der Waals surface area contributed by atoms with Gasteiger partial charge in [0.25, 0.3) is 10.0 Å². The van der Waals surface area contributed by atoms with Gasteiger partial charge >= 0.3 is 0 Å². The number of aromatic nitrogens is 2. The number of methoxy groups -OCH3 is 2. The lowest BCUT2D eigenvalue weighted by Crippen LogP contribution is -2.14. The Kier molecular flexibility index (Phi) is 5.09. The van der Waals surface area contributed by atoms with Crippen LogP contribution in [0.15, 0.2) is 71.9 Å². The minimum Gasteiger partial charge on any atom is -0.497 e. The smallest absolute Gasteiger partial charge is 0.265 e. The number of imidazole rings is 1. The molecule has 0 saturated heterocycles. The standard InChI is InChI=1S/C22H21N3O4S/c1-15-9-10-25-14-19(23-22(25)11-15)16-5-4-6-17(12-16)24-30(26,27)21-8-7-18(28-2)13-20(21)29-3/h4-14,24H,1-3H3. The van der Waals surface area contributed by atoms with Gasteiger partial charge in [0.15, 0.2) is 0 Å². The van der Waals surface area contributed by atoms with Crippen molar-refractivity contribution in [1.29, 1.82) is 0 Å². The number of hydrogen-bond donors (Lipinski definition) is 1. The molecule has 2 aromatic heterocycles. The van der Waals surface area contributed by atoms with Crippen LogP contribution in [0.25, 0.3) is 16.9 Å². The van der Waals surface area contributed by atoms with E-state index in [1.54, 1.807) is 24.3 Å². The Morgan fingerprint density at radius 2 is 1.83 bits per heavy atom. The molecule has 0 aliphatic heterocycles. The monoisotopic (exact) mass is 423 g/mol. The Morgan fingerprint density at radius 3 is 2.60 bits per heavy atom. The highest BCUT2D eigenvalue weighted by molar-refractivity contribution is 7.92. The Morgan fingerprint density at radius 1 is 1.00 bits per heavy atom. The zero-order chi connectivity index (χ0) is 21.3. The van der Waals surface area contributed by atoms with Crippen molar-refractivity contribution in [2.75, 3.05) is 18.9 Å². The van der Waals surface area contributed by atoms with Gasteiger partial charge in [-0.25, -0.2) is 13.4 Å². The fourth-order valence-electron chi connectivity index (χ4n) is 3.17. The van der Waals surface area contributed by atoms with E-state index in [4.69, 9.17) is 9.47 Å². The molecule has 154 valence electrons. The molecule has 0 amide bonds. The minimum atomic E-state index is -3.87. The molecule has 4 rings (SSSR count). The van der Waals surface area contributed by atoms with Crippen LogP contribution < -0.4 is 14.2 Å². The molecule has 0 unspecified atom stereocenters. The molecule has 0 radical (unpaired) electrons. The summed E-state index contributed by atoms with van der Waals surface area (Å²) in [6, 6.07) is 15.7. The third kappa shape index (κ3) is 3.81. The second-order valence-corrected chi connectivity index (χ2v) is 8.45. The molecule has 0 spiro atoms. The van der Waals surface area contributed by atoms with Gasteiger partial charge in [-0.3, -0.25) is 4.72 Å². The predicted molar refractivity (Wildman–Crippen MR) is 116 cm³/mol. The average molecular weight is 423 g/mol. The van der Waals surface area contributed by atoms with Crippen molar-refractivity contribution in [1.82, 2.24) is 9.38 Å². The fourth-order valence-corrected chi connectivity index (χ4v) is 4.37. The van der Waals surface area contributed by atoms with E-state index in [-0.39, 0.29) is 10.6 Å². The summed E-state index contributed by atoms with van der Waals surface area (Å²) in [4.78, 5) is 4.67. The zero-order valence-corrected chi connectivity index (χ0v) is 17.6. The van der Waals surface area contributed by atoms with Crippen LogP contribution in [0.3, 0.4) is 0 Å². The summed E-state index contributed by atoms with van der Waals surface area (Å²) in [6.07, 6.45) is 3.86. The Balaban J connectivity index is 1.67. The van der Waals surface area contributed by atoms with Crippen molar-refractivity contribution in [2.45, 2.75) is 11.8 Å². The molecule has 0 aliphatic rings. The highest BCUT2D eigenvalue weighted by atomic mass is 32.2. The average Bonchev–Trinajstić information content (AvgIpc) is 3.16. The molecule has 0 bridgehead atoms. The maximum Gasteiger partial charge on any atom is 0.265 e. The van der Waals surface area contributed by atoms with Crippen LogP contribution in [-0.4, -0.2) is 32.0 Å². The van der Waals surface area contributed by atoms with E-state index in [1.807, 2.05) is 41.9 Å². The highest BCUT2D eigenvalue weighted by Crippen LogP contribution is 2.30. The number of benzene rings is 2. The molecule has 7 nitrogen and oxygen atoms in total. The summed E-state index contributed by atoms with van der Waals surface area (Å²) in [7, 11) is -0.943. The first-order chi connectivity index (χ1) is 14.4. The van der Waals surface area contributed by atoms with Crippen LogP contribution in [0.4, 0.5) is 5.69 Å². The van der Waals surface area contributed by atoms with Gasteiger partial charge in [0.2, 0.25) is 0 Å². The minimum absolute atomic E-state index is 0.0272. The van der Waals surface area contributed by atoms with Gasteiger partial charge < -0.3 is 13.9 Å². The second-order valence-electron chi connectivity index (χ2n) is 6.80. The van der Waals surface area contributed by atoms with Gasteiger partial charge in [-0.1, -0.05) is 12.1 Å². The quantitative estimate of drug-likeness (QED) is 0.504. The molecule has 2 aromatic carbocycles. The summed E-state index contributed by atoms with van der Waals surface area (Å²) in [5, 5.41) is 0. The maximum atomic E-state index is 13.0. The lowest BCUT2D eigenvalue weighted by molar-refractivity contribution is 0.386. The first-order valence-corrected chi connectivity index (χ1v) is 10.7. The van der Waals surface area contributed by atoms with Crippen LogP contribution in [0.1, 0.15) is 5.56 Å². The molecule has 4 aromatic rings. The molecule has 1 N–H and O–H groups in total. The van der Waals surface area contributed by atoms with Gasteiger partial charge in [-0.15, -0.1) is 0 Å². The summed E-state index contributed by atoms with van der Waals surface area (Å²) in [6.45, 7) is 2.01. The van der Waals surface area contributed by atoms with E-state index >= 15 is 0 Å². The fraction of sp³-hybridized carbons (Fsp3) is 0.136. The largest absolute Gasteiger partial charge is 0.497 e. The normalized spacial score (nSPS) is 11.4. The third-order valence-electron chi connectivity index (χ3n) is 4.69. The number of sulfonamides is 1. The molecule has 2 heterocycles. The van der Waals surface area contributed by atoms with Gasteiger partial charge in [0, 0.05) is 29.7 Å². The van der Waals surface area contributed by atoms with Crippen molar-refractivity contribution in [3.05, 3.63) is 72.6 Å². The van der Waals surface area contributed by atoms with Crippen molar-refractivity contribution in [3.63, 3.8) is 0 Å². The number of aryl methyl sites for hydroxylation is 1. The molecule has 30 heavy (non-hydrogen) atoms. The molecule has 0 aliphatic carbocycles. The predicted octanol–water partition coefficient (Wildman–Crippen LogP) is 4.13. The molecule has 0 atom stereocenters. The van der Waals surface area contributed by atoms with Gasteiger partial charge in [0.05, 0.1) is 19.9 Å². The molecule has 0 fully saturated rings. The van der Waals surface area contributed by atoms with Crippen molar-refractivity contribution in [3.8, 4) is 22.8 Å². The van der Waals surface area contributed by atoms with Crippen LogP contribution in [0.2, 0.25) is 0 Å². The third-order valence-corrected chi connectivity index (χ3v) is 6.11. The summed E-state index contributed by atoms with van der Waals surface area (Å²) < 4.78 is 40.8. The SMILES string of the molecule is COc1ccc(S(=O)(=O)Nc2cccc(-c3cn4ccc(C)cc4n3)c2)c(OC)c1. The number of pyridine rings is 1. The van der Waals surface area contributed by atoms with Crippen LogP contribution in [0, 0.1) is 6.92 Å². The van der Waals surface area contributed by atoms with E-state index in [9.17, 15) is 8.42 Å². The van der Waals surface area contributed by atoms with E-state index in [0.717, 1.165) is 22.5 Å². The zero-order valence-electron chi connectivity index (χ0n) is 16.8. The lowest BCUT2D eigenvalue weighted by atomic mass is 10.1. The topological polar surface area (TPSA) is 81.9 Å². The maximum absolute atomic E-state index is 13.0. The van der Waals surface area contributed by atoms with E-state index in [0.29, 0.717) is 11.4 Å². The molecule has 0 saturated carbocycles. The number of ether oxygens (including phenoxy) is 2. The molecule has 8 heteroatoms. The van der Waals surface area contributed by atoms with Crippen LogP contribution >= 0.6 is 0 Å². The second kappa shape index (κ2) is 7.72. The Bertz CT molecular complexity index is 1330. The summed E-state index contributed by atoms with van der Waals surface area (Å²) in [5.41, 5.74) is 3.94.